The van der Waals surface area contributed by atoms with Crippen molar-refractivity contribution in [2.45, 2.75) is 12.7 Å². The van der Waals surface area contributed by atoms with Gasteiger partial charge in [-0.05, 0) is 0 Å². The van der Waals surface area contributed by atoms with E-state index < -0.39 is 6.61 Å². The molecule has 5 heteroatoms. The van der Waals surface area contributed by atoms with Crippen molar-refractivity contribution in [2.75, 3.05) is 25.0 Å². The average molecular weight is 230 g/mol. The second kappa shape index (κ2) is 4.33. The number of ether oxygens (including phenoxy) is 1. The van der Waals surface area contributed by atoms with Crippen LogP contribution in [-0.2, 0) is 4.74 Å². The molecule has 1 aliphatic rings. The molecule has 0 atom stereocenters. The van der Waals surface area contributed by atoms with Gasteiger partial charge in [-0.3, -0.25) is 4.90 Å². The predicted molar refractivity (Wildman–Crippen MR) is 41.1 cm³/mol. The maximum atomic E-state index is 11.6. The largest absolute Gasteiger partial charge is 0.345 e. The first kappa shape index (κ1) is 9.35. The summed E-state index contributed by atoms with van der Waals surface area (Å²) in [6.45, 7) is -0.444. The molecule has 1 rings (SSSR count). The normalized spacial score (nSPS) is 20.7. The molecule has 0 aromatic rings. The van der Waals surface area contributed by atoms with Gasteiger partial charge < -0.3 is 4.74 Å². The number of hydrogen-bond acceptors (Lipinski definition) is 2. The topological polar surface area (TPSA) is 12.5 Å². The molecule has 0 spiro atoms. The summed E-state index contributed by atoms with van der Waals surface area (Å²) in [6.07, 6.45) is -0.256. The van der Waals surface area contributed by atoms with E-state index >= 15 is 0 Å². The van der Waals surface area contributed by atoms with Gasteiger partial charge in [-0.25, -0.2) is 0 Å². The minimum absolute atomic E-state index is 0.256. The van der Waals surface area contributed by atoms with Crippen LogP contribution in [0.3, 0.4) is 0 Å². The van der Waals surface area contributed by atoms with Crippen LogP contribution >= 0.6 is 15.9 Å². The fraction of sp³-hybridized carbons (Fsp3) is 1.00. The van der Waals surface area contributed by atoms with E-state index in [1.165, 1.54) is 0 Å². The first-order valence-corrected chi connectivity index (χ1v) is 4.56. The van der Waals surface area contributed by atoms with E-state index in [2.05, 4.69) is 25.6 Å². The molecule has 2 nitrogen and oxygen atoms in total. The van der Waals surface area contributed by atoms with Crippen molar-refractivity contribution in [1.29, 1.82) is 0 Å². The molecule has 1 heterocycles. The minimum atomic E-state index is -2.62. The Hall–Kier alpha value is 0.260. The quantitative estimate of drug-likeness (QED) is 0.675. The molecule has 1 aliphatic heterocycles. The van der Waals surface area contributed by atoms with Crippen LogP contribution in [0.25, 0.3) is 0 Å². The van der Waals surface area contributed by atoms with Crippen molar-refractivity contribution >= 4 is 15.9 Å². The highest BCUT2D eigenvalue weighted by Gasteiger charge is 2.28. The maximum absolute atomic E-state index is 11.6. The lowest BCUT2D eigenvalue weighted by Gasteiger charge is -2.38. The van der Waals surface area contributed by atoms with Crippen LogP contribution in [-0.4, -0.2) is 42.6 Å². The van der Waals surface area contributed by atoms with Crippen molar-refractivity contribution in [3.05, 3.63) is 0 Å². The van der Waals surface area contributed by atoms with Gasteiger partial charge in [0.05, 0.1) is 6.10 Å². The summed E-state index contributed by atoms with van der Waals surface area (Å²) in [5.74, 6) is 0. The lowest BCUT2D eigenvalue weighted by atomic mass is 10.2. The highest BCUT2D eigenvalue weighted by atomic mass is 79.9. The van der Waals surface area contributed by atoms with E-state index in [1.54, 1.807) is 0 Å². The van der Waals surface area contributed by atoms with Crippen LogP contribution < -0.4 is 0 Å². The SMILES string of the molecule is FC(F)OC1CN(CCBr)C1. The number of halogens is 3. The molecule has 0 aromatic carbocycles. The number of nitrogens with zero attached hydrogens (tertiary/aromatic N) is 1. The summed E-state index contributed by atoms with van der Waals surface area (Å²) in [5.41, 5.74) is 0. The zero-order valence-corrected chi connectivity index (χ0v) is 7.56. The van der Waals surface area contributed by atoms with Gasteiger partial charge in [-0.15, -0.1) is 0 Å². The molecule has 0 radical (unpaired) electrons. The first-order chi connectivity index (χ1) is 5.22. The van der Waals surface area contributed by atoms with Crippen molar-refractivity contribution in [2.24, 2.45) is 0 Å². The second-order valence-electron chi connectivity index (χ2n) is 2.47. The van der Waals surface area contributed by atoms with Gasteiger partial charge >= 0.3 is 6.61 Å². The van der Waals surface area contributed by atoms with Crippen molar-refractivity contribution in [3.63, 3.8) is 0 Å². The van der Waals surface area contributed by atoms with Crippen LogP contribution in [0.2, 0.25) is 0 Å². The van der Waals surface area contributed by atoms with Crippen LogP contribution in [0.1, 0.15) is 0 Å². The Morgan fingerprint density at radius 2 is 2.18 bits per heavy atom. The fourth-order valence-corrected chi connectivity index (χ4v) is 1.56. The second-order valence-corrected chi connectivity index (χ2v) is 3.26. The molecule has 0 bridgehead atoms. The van der Waals surface area contributed by atoms with Gasteiger partial charge in [0, 0.05) is 25.0 Å². The van der Waals surface area contributed by atoms with E-state index in [4.69, 9.17) is 0 Å². The summed E-state index contributed by atoms with van der Waals surface area (Å²) in [5, 5.41) is 0.883. The summed E-state index contributed by atoms with van der Waals surface area (Å²) in [4.78, 5) is 2.06. The molecule has 0 unspecified atom stereocenters. The van der Waals surface area contributed by atoms with E-state index in [9.17, 15) is 8.78 Å². The Bertz CT molecular complexity index is 119. The van der Waals surface area contributed by atoms with Gasteiger partial charge in [0.2, 0.25) is 0 Å². The fourth-order valence-electron chi connectivity index (χ4n) is 1.06. The number of rotatable bonds is 4. The molecule has 1 fully saturated rings. The monoisotopic (exact) mass is 229 g/mol. The lowest BCUT2D eigenvalue weighted by Crippen LogP contribution is -2.53. The standard InChI is InChI=1S/C6H10BrF2NO/c7-1-2-10-3-5(4-10)11-6(8)9/h5-6H,1-4H2. The van der Waals surface area contributed by atoms with E-state index in [-0.39, 0.29) is 6.10 Å². The molecule has 11 heavy (non-hydrogen) atoms. The molecule has 66 valence electrons. The van der Waals surface area contributed by atoms with Crippen molar-refractivity contribution in [3.8, 4) is 0 Å². The number of likely N-dealkylation sites (tertiary alicyclic amines) is 1. The van der Waals surface area contributed by atoms with Crippen LogP contribution in [0.15, 0.2) is 0 Å². The maximum Gasteiger partial charge on any atom is 0.345 e. The molecule has 0 N–H and O–H groups in total. The molecule has 0 amide bonds. The van der Waals surface area contributed by atoms with E-state index in [0.717, 1.165) is 11.9 Å². The zero-order valence-electron chi connectivity index (χ0n) is 5.97. The minimum Gasteiger partial charge on any atom is -0.317 e. The van der Waals surface area contributed by atoms with Crippen LogP contribution in [0.5, 0.6) is 0 Å². The Kier molecular flexibility index (Phi) is 3.68. The Balaban J connectivity index is 2.00. The molecule has 0 aliphatic carbocycles. The van der Waals surface area contributed by atoms with Gasteiger partial charge in [0.15, 0.2) is 0 Å². The zero-order chi connectivity index (χ0) is 8.27. The predicted octanol–water partition coefficient (Wildman–Crippen LogP) is 1.30. The average Bonchev–Trinajstić information content (AvgIpc) is 1.82. The third-order valence-corrected chi connectivity index (χ3v) is 1.97. The summed E-state index contributed by atoms with van der Waals surface area (Å²) in [6, 6.07) is 0. The smallest absolute Gasteiger partial charge is 0.317 e. The van der Waals surface area contributed by atoms with Gasteiger partial charge in [-0.1, -0.05) is 15.9 Å². The van der Waals surface area contributed by atoms with Gasteiger partial charge in [0.25, 0.3) is 0 Å². The third-order valence-electron chi connectivity index (χ3n) is 1.62. The highest BCUT2D eigenvalue weighted by molar-refractivity contribution is 9.09. The van der Waals surface area contributed by atoms with Crippen LogP contribution in [0.4, 0.5) is 8.78 Å². The van der Waals surface area contributed by atoms with Gasteiger partial charge in [0.1, 0.15) is 0 Å². The summed E-state index contributed by atoms with van der Waals surface area (Å²) in [7, 11) is 0. The van der Waals surface area contributed by atoms with E-state index in [1.807, 2.05) is 0 Å². The molecular weight excluding hydrogens is 220 g/mol. The van der Waals surface area contributed by atoms with Crippen molar-refractivity contribution < 1.29 is 13.5 Å². The van der Waals surface area contributed by atoms with Crippen LogP contribution in [0, 0.1) is 0 Å². The molecule has 0 saturated carbocycles. The van der Waals surface area contributed by atoms with E-state index in [0.29, 0.717) is 13.1 Å². The first-order valence-electron chi connectivity index (χ1n) is 3.44. The molecular formula is C6H10BrF2NO. The third kappa shape index (κ3) is 3.01. The lowest BCUT2D eigenvalue weighted by molar-refractivity contribution is -0.195. The number of alkyl halides is 3. The van der Waals surface area contributed by atoms with Gasteiger partial charge in [-0.2, -0.15) is 8.78 Å². The summed E-state index contributed by atoms with van der Waals surface area (Å²) >= 11 is 3.26. The number of hydrogen-bond donors (Lipinski definition) is 0. The molecule has 1 saturated heterocycles. The Morgan fingerprint density at radius 3 is 2.64 bits per heavy atom. The Labute approximate surface area is 72.6 Å². The summed E-state index contributed by atoms with van der Waals surface area (Å²) < 4.78 is 27.4. The highest BCUT2D eigenvalue weighted by Crippen LogP contribution is 2.14. The molecule has 0 aromatic heterocycles. The van der Waals surface area contributed by atoms with Crippen molar-refractivity contribution in [1.82, 2.24) is 4.90 Å². The Morgan fingerprint density at radius 1 is 1.55 bits per heavy atom.